The van der Waals surface area contributed by atoms with Gasteiger partial charge in [0.25, 0.3) is 11.6 Å². The second kappa shape index (κ2) is 7.24. The monoisotopic (exact) mass is 413 g/mol. The van der Waals surface area contributed by atoms with Gasteiger partial charge in [-0.2, -0.15) is 5.10 Å². The van der Waals surface area contributed by atoms with Gasteiger partial charge in [0.15, 0.2) is 0 Å². The topological polar surface area (TPSA) is 86.2 Å². The Balaban J connectivity index is 1.50. The van der Waals surface area contributed by atoms with Crippen molar-refractivity contribution in [1.82, 2.24) is 19.2 Å². The summed E-state index contributed by atoms with van der Waals surface area (Å²) >= 11 is 0. The van der Waals surface area contributed by atoms with Gasteiger partial charge in [-0.3, -0.25) is 14.9 Å². The van der Waals surface area contributed by atoms with E-state index in [9.17, 15) is 14.9 Å². The Morgan fingerprint density at radius 1 is 1.03 bits per heavy atom. The van der Waals surface area contributed by atoms with Crippen LogP contribution in [0.25, 0.3) is 11.5 Å². The first kappa shape index (κ1) is 18.8. The van der Waals surface area contributed by atoms with Crippen LogP contribution >= 0.6 is 0 Å². The van der Waals surface area contributed by atoms with Crippen molar-refractivity contribution in [2.75, 3.05) is 0 Å². The zero-order valence-electron chi connectivity index (χ0n) is 16.8. The summed E-state index contributed by atoms with van der Waals surface area (Å²) in [6, 6.07) is 17.7. The number of non-ortho nitro benzene ring substituents is 1. The Morgan fingerprint density at radius 2 is 1.77 bits per heavy atom. The number of aryl methyl sites for hydroxylation is 1. The van der Waals surface area contributed by atoms with Crippen molar-refractivity contribution >= 4 is 11.6 Å². The van der Waals surface area contributed by atoms with Gasteiger partial charge < -0.3 is 9.47 Å². The van der Waals surface area contributed by atoms with Crippen LogP contribution in [0.4, 0.5) is 5.69 Å². The highest BCUT2D eigenvalue weighted by atomic mass is 16.6. The van der Waals surface area contributed by atoms with E-state index in [1.807, 2.05) is 58.9 Å². The van der Waals surface area contributed by atoms with Crippen molar-refractivity contribution in [1.29, 1.82) is 0 Å². The Morgan fingerprint density at radius 3 is 2.45 bits per heavy atom. The quantitative estimate of drug-likeness (QED) is 0.373. The van der Waals surface area contributed by atoms with Crippen LogP contribution in [0.2, 0.25) is 0 Å². The molecule has 0 fully saturated rings. The van der Waals surface area contributed by atoms with Crippen LogP contribution in [-0.4, -0.2) is 30.1 Å². The highest BCUT2D eigenvalue weighted by Gasteiger charge is 2.32. The van der Waals surface area contributed by atoms with E-state index in [0.29, 0.717) is 18.7 Å². The van der Waals surface area contributed by atoms with E-state index < -0.39 is 4.92 Å². The Hall–Kier alpha value is -4.20. The lowest BCUT2D eigenvalue weighted by atomic mass is 10.2. The van der Waals surface area contributed by atoms with E-state index in [1.165, 1.54) is 24.3 Å². The number of benzene rings is 2. The van der Waals surface area contributed by atoms with Gasteiger partial charge in [-0.1, -0.05) is 12.1 Å². The van der Waals surface area contributed by atoms with Gasteiger partial charge in [0.2, 0.25) is 0 Å². The molecule has 2 aromatic carbocycles. The van der Waals surface area contributed by atoms with E-state index in [1.54, 1.807) is 4.90 Å². The first-order valence-electron chi connectivity index (χ1n) is 9.86. The number of carbonyl (C=O) groups excluding carboxylic acids is 1. The molecule has 154 valence electrons. The maximum absolute atomic E-state index is 13.0. The molecule has 8 heteroatoms. The summed E-state index contributed by atoms with van der Waals surface area (Å²) in [6.07, 6.45) is 3.93. The molecule has 3 heterocycles. The van der Waals surface area contributed by atoms with Crippen molar-refractivity contribution < 1.29 is 9.72 Å². The molecule has 8 nitrogen and oxygen atoms in total. The Bertz CT molecular complexity index is 1290. The van der Waals surface area contributed by atoms with Gasteiger partial charge in [0.05, 0.1) is 29.4 Å². The number of nitrogens with zero attached hydrogens (tertiary/aromatic N) is 5. The van der Waals surface area contributed by atoms with Gasteiger partial charge in [-0.25, -0.2) is 4.68 Å². The zero-order valence-corrected chi connectivity index (χ0v) is 16.8. The molecule has 0 saturated heterocycles. The standard InChI is InChI=1S/C23H19N5O3/c1-16-5-4-6-19(13-16)27-22(25-11-2-3-12-25)20-14-26(15-21(20)24-27)23(29)17-7-9-18(10-8-17)28(30)31/h2-13H,14-15H2,1H3. The molecule has 2 aromatic heterocycles. The maximum atomic E-state index is 13.0. The molecule has 1 aliphatic heterocycles. The van der Waals surface area contributed by atoms with Crippen molar-refractivity contribution in [3.63, 3.8) is 0 Å². The van der Waals surface area contributed by atoms with E-state index in [0.717, 1.165) is 28.3 Å². The zero-order chi connectivity index (χ0) is 21.5. The normalized spacial score (nSPS) is 12.7. The summed E-state index contributed by atoms with van der Waals surface area (Å²) in [7, 11) is 0. The molecule has 0 radical (unpaired) electrons. The molecule has 0 bridgehead atoms. The minimum absolute atomic E-state index is 0.0365. The molecule has 0 N–H and O–H groups in total. The van der Waals surface area contributed by atoms with Gasteiger partial charge in [0.1, 0.15) is 5.82 Å². The van der Waals surface area contributed by atoms with E-state index in [4.69, 9.17) is 5.10 Å². The highest BCUT2D eigenvalue weighted by molar-refractivity contribution is 5.94. The highest BCUT2D eigenvalue weighted by Crippen LogP contribution is 2.31. The van der Waals surface area contributed by atoms with Crippen LogP contribution in [0.3, 0.4) is 0 Å². The number of carbonyl (C=O) groups is 1. The number of nitro benzene ring substituents is 1. The largest absolute Gasteiger partial charge is 0.328 e. The van der Waals surface area contributed by atoms with Gasteiger partial charge in [-0.05, 0) is 48.9 Å². The van der Waals surface area contributed by atoms with Gasteiger partial charge in [-0.15, -0.1) is 0 Å². The summed E-state index contributed by atoms with van der Waals surface area (Å²) in [5, 5.41) is 15.7. The predicted molar refractivity (Wildman–Crippen MR) is 114 cm³/mol. The molecule has 31 heavy (non-hydrogen) atoms. The molecule has 0 spiro atoms. The second-order valence-electron chi connectivity index (χ2n) is 7.56. The minimum atomic E-state index is -0.475. The molecule has 0 unspecified atom stereocenters. The number of hydrogen-bond donors (Lipinski definition) is 0. The summed E-state index contributed by atoms with van der Waals surface area (Å²) in [4.78, 5) is 25.1. The Labute approximate surface area is 178 Å². The fourth-order valence-electron chi connectivity index (χ4n) is 3.93. The predicted octanol–water partition coefficient (Wildman–Crippen LogP) is 4.04. The Kier molecular flexibility index (Phi) is 4.39. The van der Waals surface area contributed by atoms with E-state index in [2.05, 4.69) is 6.07 Å². The van der Waals surface area contributed by atoms with Crippen molar-refractivity contribution in [2.45, 2.75) is 20.0 Å². The molecule has 1 aliphatic rings. The number of amides is 1. The lowest BCUT2D eigenvalue weighted by molar-refractivity contribution is -0.384. The number of hydrogen-bond acceptors (Lipinski definition) is 4. The molecule has 4 aromatic rings. The number of aromatic nitrogens is 3. The van der Waals surface area contributed by atoms with Crippen LogP contribution in [0.1, 0.15) is 27.2 Å². The van der Waals surface area contributed by atoms with Gasteiger partial charge >= 0.3 is 0 Å². The summed E-state index contributed by atoms with van der Waals surface area (Å²) in [6.45, 7) is 2.85. The first-order valence-corrected chi connectivity index (χ1v) is 9.86. The SMILES string of the molecule is Cc1cccc(-n2nc3c(c2-n2cccc2)CN(C(=O)c2ccc([N+](=O)[O-])cc2)C3)c1. The van der Waals surface area contributed by atoms with Crippen LogP contribution in [-0.2, 0) is 13.1 Å². The summed E-state index contributed by atoms with van der Waals surface area (Å²) in [5.41, 5.74) is 4.33. The maximum Gasteiger partial charge on any atom is 0.269 e. The van der Waals surface area contributed by atoms with E-state index >= 15 is 0 Å². The van der Waals surface area contributed by atoms with Crippen LogP contribution in [0, 0.1) is 17.0 Å². The minimum Gasteiger partial charge on any atom is -0.328 e. The van der Waals surface area contributed by atoms with Crippen molar-refractivity contribution in [2.24, 2.45) is 0 Å². The fraction of sp³-hybridized carbons (Fsp3) is 0.130. The average molecular weight is 413 g/mol. The average Bonchev–Trinajstić information content (AvgIpc) is 3.49. The van der Waals surface area contributed by atoms with Crippen LogP contribution < -0.4 is 0 Å². The van der Waals surface area contributed by atoms with Crippen LogP contribution in [0.5, 0.6) is 0 Å². The molecular formula is C23H19N5O3. The third-order valence-electron chi connectivity index (χ3n) is 5.44. The van der Waals surface area contributed by atoms with Crippen LogP contribution in [0.15, 0.2) is 73.1 Å². The molecule has 5 rings (SSSR count). The number of rotatable bonds is 4. The third kappa shape index (κ3) is 3.28. The fourth-order valence-corrected chi connectivity index (χ4v) is 3.93. The summed E-state index contributed by atoms with van der Waals surface area (Å²) in [5.74, 6) is 0.734. The second-order valence-corrected chi connectivity index (χ2v) is 7.56. The third-order valence-corrected chi connectivity index (χ3v) is 5.44. The lowest BCUT2D eigenvalue weighted by Crippen LogP contribution is -2.26. The van der Waals surface area contributed by atoms with Crippen molar-refractivity contribution in [3.05, 3.63) is 106 Å². The molecule has 0 saturated carbocycles. The molecular weight excluding hydrogens is 394 g/mol. The van der Waals surface area contributed by atoms with Crippen molar-refractivity contribution in [3.8, 4) is 11.5 Å². The molecule has 1 amide bonds. The lowest BCUT2D eigenvalue weighted by Gasteiger charge is -2.17. The molecule has 0 aliphatic carbocycles. The number of fused-ring (bicyclic) bond motifs is 1. The first-order chi connectivity index (χ1) is 15.0. The van der Waals surface area contributed by atoms with Gasteiger partial charge in [0, 0.05) is 35.7 Å². The number of nitro groups is 1. The summed E-state index contributed by atoms with van der Waals surface area (Å²) < 4.78 is 3.93. The molecule has 0 atom stereocenters. The smallest absolute Gasteiger partial charge is 0.269 e. The van der Waals surface area contributed by atoms with E-state index in [-0.39, 0.29) is 11.6 Å².